The van der Waals surface area contributed by atoms with Gasteiger partial charge in [-0.05, 0) is 19.2 Å². The summed E-state index contributed by atoms with van der Waals surface area (Å²) in [6.07, 6.45) is -0.144. The van der Waals surface area contributed by atoms with Crippen LogP contribution in [0.1, 0.15) is 0 Å². The molecule has 0 N–H and O–H groups in total. The summed E-state index contributed by atoms with van der Waals surface area (Å²) in [6.45, 7) is 2.37. The Morgan fingerprint density at radius 2 is 2.24 bits per heavy atom. The number of nitrogens with zero attached hydrogens (tertiary/aromatic N) is 1. The maximum absolute atomic E-state index is 11.6. The number of likely N-dealkylation sites (N-methyl/N-ethyl adjacent to an activating group) is 1. The molecule has 2 rings (SSSR count). The molecule has 1 heterocycles. The van der Waals surface area contributed by atoms with Crippen molar-refractivity contribution in [3.63, 3.8) is 0 Å². The average molecular weight is 419 g/mol. The molecule has 1 aromatic carbocycles. The normalized spacial score (nSPS) is 20.5. The first kappa shape index (κ1) is 17.3. The van der Waals surface area contributed by atoms with E-state index in [2.05, 4.69) is 20.8 Å². The van der Waals surface area contributed by atoms with Crippen molar-refractivity contribution in [2.75, 3.05) is 33.4 Å². The molecule has 1 saturated heterocycles. The van der Waals surface area contributed by atoms with Gasteiger partial charge in [-0.3, -0.25) is 0 Å². The lowest BCUT2D eigenvalue weighted by Crippen LogP contribution is -2.42. The van der Waals surface area contributed by atoms with Gasteiger partial charge in [-0.2, -0.15) is 0 Å². The molecule has 0 amide bonds. The van der Waals surface area contributed by atoms with Gasteiger partial charge in [0.25, 0.3) is 9.05 Å². The minimum Gasteiger partial charge on any atom is -0.488 e. The smallest absolute Gasteiger partial charge is 0.265 e. The van der Waals surface area contributed by atoms with E-state index in [0.29, 0.717) is 17.6 Å². The third-order valence-corrected chi connectivity index (χ3v) is 5.06. The number of hydrogen-bond acceptors (Lipinski definition) is 5. The van der Waals surface area contributed by atoms with Crippen LogP contribution < -0.4 is 4.74 Å². The standard InChI is InChI=1S/C12H14BrCl2NO4S/c1-16-2-3-19-9(6-16)7-20-12-10(14)4-8(13)5-11(12)21(15,17)18/h4-5,9H,2-3,6-7H2,1H3. The largest absolute Gasteiger partial charge is 0.488 e. The van der Waals surface area contributed by atoms with Gasteiger partial charge in [0.15, 0.2) is 5.75 Å². The lowest BCUT2D eigenvalue weighted by atomic mass is 10.3. The molecular weight excluding hydrogens is 405 g/mol. The van der Waals surface area contributed by atoms with Gasteiger partial charge in [0.2, 0.25) is 0 Å². The highest BCUT2D eigenvalue weighted by atomic mass is 79.9. The van der Waals surface area contributed by atoms with Crippen LogP contribution in [0.3, 0.4) is 0 Å². The maximum atomic E-state index is 11.6. The van der Waals surface area contributed by atoms with Crippen molar-refractivity contribution in [3.8, 4) is 5.75 Å². The molecule has 9 heteroatoms. The van der Waals surface area contributed by atoms with Crippen LogP contribution in [-0.2, 0) is 13.8 Å². The second-order valence-corrected chi connectivity index (χ2v) is 8.58. The van der Waals surface area contributed by atoms with Crippen LogP contribution in [0.25, 0.3) is 0 Å². The summed E-state index contributed by atoms with van der Waals surface area (Å²) in [6, 6.07) is 2.91. The van der Waals surface area contributed by atoms with Gasteiger partial charge in [0.1, 0.15) is 17.6 Å². The Labute approximate surface area is 141 Å². The molecule has 0 radical (unpaired) electrons. The second kappa shape index (κ2) is 7.02. The topological polar surface area (TPSA) is 55.8 Å². The summed E-state index contributed by atoms with van der Waals surface area (Å²) < 4.78 is 34.9. The average Bonchev–Trinajstić information content (AvgIpc) is 2.36. The quantitative estimate of drug-likeness (QED) is 0.703. The Kier molecular flexibility index (Phi) is 5.78. The molecule has 1 aliphatic heterocycles. The molecular formula is C12H14BrCl2NO4S. The fourth-order valence-electron chi connectivity index (χ4n) is 2.00. The minimum absolute atomic E-state index is 0.0479. The zero-order valence-corrected chi connectivity index (χ0v) is 15.1. The van der Waals surface area contributed by atoms with E-state index in [4.69, 9.17) is 31.8 Å². The van der Waals surface area contributed by atoms with Gasteiger partial charge in [-0.25, -0.2) is 8.42 Å². The van der Waals surface area contributed by atoms with E-state index in [0.717, 1.165) is 6.54 Å². The molecule has 0 bridgehead atoms. The zero-order valence-electron chi connectivity index (χ0n) is 11.2. The van der Waals surface area contributed by atoms with E-state index >= 15 is 0 Å². The lowest BCUT2D eigenvalue weighted by Gasteiger charge is -2.30. The first-order valence-electron chi connectivity index (χ1n) is 6.14. The summed E-state index contributed by atoms with van der Waals surface area (Å²) in [4.78, 5) is 1.95. The first-order chi connectivity index (χ1) is 9.77. The number of hydrogen-bond donors (Lipinski definition) is 0. The molecule has 21 heavy (non-hydrogen) atoms. The molecule has 0 saturated carbocycles. The Morgan fingerprint density at radius 1 is 1.52 bits per heavy atom. The van der Waals surface area contributed by atoms with Crippen LogP contribution in [0.15, 0.2) is 21.5 Å². The fraction of sp³-hybridized carbons (Fsp3) is 0.500. The number of rotatable bonds is 4. The van der Waals surface area contributed by atoms with Crippen molar-refractivity contribution in [3.05, 3.63) is 21.6 Å². The first-order valence-corrected chi connectivity index (χ1v) is 9.62. The second-order valence-electron chi connectivity index (χ2n) is 4.72. The molecule has 5 nitrogen and oxygen atoms in total. The predicted octanol–water partition coefficient (Wildman–Crippen LogP) is 2.74. The predicted molar refractivity (Wildman–Crippen MR) is 84.9 cm³/mol. The van der Waals surface area contributed by atoms with Crippen LogP contribution >= 0.6 is 38.2 Å². The number of ether oxygens (including phenoxy) is 2. The number of benzene rings is 1. The summed E-state index contributed by atoms with van der Waals surface area (Å²) in [7, 11) is 3.45. The SMILES string of the molecule is CN1CCOC(COc2c(Cl)cc(Br)cc2S(=O)(=O)Cl)C1. The molecule has 118 valence electrons. The molecule has 1 aliphatic rings. The van der Waals surface area contributed by atoms with Crippen molar-refractivity contribution in [1.29, 1.82) is 0 Å². The van der Waals surface area contributed by atoms with Crippen molar-refractivity contribution < 1.29 is 17.9 Å². The fourth-order valence-corrected chi connectivity index (χ4v) is 4.07. The summed E-state index contributed by atoms with van der Waals surface area (Å²) in [5.41, 5.74) is 0. The summed E-state index contributed by atoms with van der Waals surface area (Å²) in [5, 5.41) is 0.174. The van der Waals surface area contributed by atoms with Gasteiger partial charge >= 0.3 is 0 Å². The molecule has 0 spiro atoms. The van der Waals surface area contributed by atoms with Crippen molar-refractivity contribution >= 4 is 47.3 Å². The van der Waals surface area contributed by atoms with Gasteiger partial charge in [-0.1, -0.05) is 27.5 Å². The molecule has 0 aromatic heterocycles. The molecule has 1 unspecified atom stereocenters. The molecule has 1 atom stereocenters. The molecule has 1 aromatic rings. The Hall–Kier alpha value is -0.0500. The van der Waals surface area contributed by atoms with Crippen LogP contribution in [0.4, 0.5) is 0 Å². The lowest BCUT2D eigenvalue weighted by molar-refractivity contribution is -0.0407. The van der Waals surface area contributed by atoms with E-state index in [1.165, 1.54) is 6.07 Å². The van der Waals surface area contributed by atoms with Crippen LogP contribution in [-0.4, -0.2) is 52.8 Å². The monoisotopic (exact) mass is 417 g/mol. The van der Waals surface area contributed by atoms with Crippen LogP contribution in [0.5, 0.6) is 5.75 Å². The summed E-state index contributed by atoms with van der Waals surface area (Å²) in [5.74, 6) is 0.0479. The zero-order chi connectivity index (χ0) is 15.6. The third-order valence-electron chi connectivity index (χ3n) is 2.99. The van der Waals surface area contributed by atoms with Gasteiger partial charge in [0, 0.05) is 28.2 Å². The van der Waals surface area contributed by atoms with Crippen molar-refractivity contribution in [2.24, 2.45) is 0 Å². The highest BCUT2D eigenvalue weighted by Gasteiger charge is 2.24. The Balaban J connectivity index is 2.19. The highest BCUT2D eigenvalue weighted by molar-refractivity contribution is 9.10. The third kappa shape index (κ3) is 4.71. The van der Waals surface area contributed by atoms with Crippen LogP contribution in [0.2, 0.25) is 5.02 Å². The molecule has 0 aliphatic carbocycles. The minimum atomic E-state index is -3.96. The van der Waals surface area contributed by atoms with E-state index in [-0.39, 0.29) is 28.4 Å². The van der Waals surface area contributed by atoms with Crippen molar-refractivity contribution in [2.45, 2.75) is 11.0 Å². The Bertz CT molecular complexity index is 626. The maximum Gasteiger partial charge on any atom is 0.265 e. The van der Waals surface area contributed by atoms with E-state index in [9.17, 15) is 8.42 Å². The van der Waals surface area contributed by atoms with Gasteiger partial charge in [0.05, 0.1) is 11.6 Å². The van der Waals surface area contributed by atoms with E-state index in [1.54, 1.807) is 6.07 Å². The molecule has 1 fully saturated rings. The number of morpholine rings is 1. The Morgan fingerprint density at radius 3 is 2.86 bits per heavy atom. The van der Waals surface area contributed by atoms with Crippen LogP contribution in [0, 0.1) is 0 Å². The van der Waals surface area contributed by atoms with Gasteiger partial charge < -0.3 is 14.4 Å². The summed E-state index contributed by atoms with van der Waals surface area (Å²) >= 11 is 9.24. The highest BCUT2D eigenvalue weighted by Crippen LogP contribution is 2.37. The van der Waals surface area contributed by atoms with Crippen molar-refractivity contribution in [1.82, 2.24) is 4.90 Å². The number of halogens is 3. The van der Waals surface area contributed by atoms with E-state index < -0.39 is 9.05 Å². The van der Waals surface area contributed by atoms with E-state index in [1.807, 2.05) is 7.05 Å². The van der Waals surface area contributed by atoms with Gasteiger partial charge in [-0.15, -0.1) is 0 Å².